The topological polar surface area (TPSA) is 83.5 Å². The van der Waals surface area contributed by atoms with Gasteiger partial charge in [0.1, 0.15) is 0 Å². The van der Waals surface area contributed by atoms with Gasteiger partial charge in [-0.25, -0.2) is 9.78 Å². The van der Waals surface area contributed by atoms with Crippen LogP contribution in [0, 0.1) is 0 Å². The second-order valence-electron chi connectivity index (χ2n) is 4.65. The maximum Gasteiger partial charge on any atom is 0.388 e. The van der Waals surface area contributed by atoms with Gasteiger partial charge in [-0.1, -0.05) is 17.7 Å². The Morgan fingerprint density at radius 2 is 2.12 bits per heavy atom. The number of urea groups is 1. The SMILES string of the molecule is O=C(Nc1cccc(Cl)c1)N[C@@H](CO)c1ccnc(OC(F)F)c1. The van der Waals surface area contributed by atoms with Crippen molar-refractivity contribution in [2.45, 2.75) is 12.7 Å². The molecule has 0 radical (unpaired) electrons. The van der Waals surface area contributed by atoms with Gasteiger partial charge in [0.05, 0.1) is 12.6 Å². The monoisotopic (exact) mass is 357 g/mol. The number of hydrogen-bond acceptors (Lipinski definition) is 4. The molecule has 1 aromatic heterocycles. The summed E-state index contributed by atoms with van der Waals surface area (Å²) in [5.74, 6) is -0.307. The summed E-state index contributed by atoms with van der Waals surface area (Å²) in [5.41, 5.74) is 0.831. The Morgan fingerprint density at radius 1 is 1.33 bits per heavy atom. The molecule has 0 saturated heterocycles. The van der Waals surface area contributed by atoms with Crippen molar-refractivity contribution in [1.82, 2.24) is 10.3 Å². The lowest BCUT2D eigenvalue weighted by atomic mass is 10.1. The number of carbonyl (C=O) groups is 1. The molecule has 1 heterocycles. The number of pyridine rings is 1. The van der Waals surface area contributed by atoms with Crippen LogP contribution in [0.3, 0.4) is 0 Å². The zero-order valence-electron chi connectivity index (χ0n) is 12.2. The predicted octanol–water partition coefficient (Wildman–Crippen LogP) is 3.19. The Hall–Kier alpha value is -2.45. The van der Waals surface area contributed by atoms with Gasteiger partial charge in [0.2, 0.25) is 5.88 Å². The van der Waals surface area contributed by atoms with Crippen LogP contribution in [-0.2, 0) is 0 Å². The second kappa shape index (κ2) is 8.42. The van der Waals surface area contributed by atoms with Crippen LogP contribution in [0.4, 0.5) is 19.3 Å². The summed E-state index contributed by atoms with van der Waals surface area (Å²) in [7, 11) is 0. The fraction of sp³-hybridized carbons (Fsp3) is 0.200. The number of aliphatic hydroxyl groups excluding tert-OH is 1. The van der Waals surface area contributed by atoms with E-state index in [1.165, 1.54) is 18.3 Å². The van der Waals surface area contributed by atoms with Crippen LogP contribution in [0.2, 0.25) is 5.02 Å². The summed E-state index contributed by atoms with van der Waals surface area (Å²) < 4.78 is 28.6. The van der Waals surface area contributed by atoms with Crippen molar-refractivity contribution in [1.29, 1.82) is 0 Å². The maximum atomic E-state index is 12.2. The standard InChI is InChI=1S/C15H14ClF2N3O3/c16-10-2-1-3-11(7-10)20-15(23)21-12(8-22)9-4-5-19-13(6-9)24-14(17)18/h1-7,12,14,22H,8H2,(H2,20,21,23)/t12-/m0/s1. The summed E-state index contributed by atoms with van der Waals surface area (Å²) in [6.45, 7) is -3.46. The molecule has 1 atom stereocenters. The number of carbonyl (C=O) groups excluding carboxylic acids is 1. The van der Waals surface area contributed by atoms with Crippen molar-refractivity contribution < 1.29 is 23.4 Å². The van der Waals surface area contributed by atoms with Crippen molar-refractivity contribution >= 4 is 23.3 Å². The van der Waals surface area contributed by atoms with E-state index in [0.29, 0.717) is 16.3 Å². The van der Waals surface area contributed by atoms with E-state index < -0.39 is 25.3 Å². The van der Waals surface area contributed by atoms with Gasteiger partial charge in [0, 0.05) is 23.0 Å². The van der Waals surface area contributed by atoms with Gasteiger partial charge in [-0.2, -0.15) is 8.78 Å². The first-order valence-electron chi connectivity index (χ1n) is 6.82. The van der Waals surface area contributed by atoms with E-state index in [-0.39, 0.29) is 5.88 Å². The van der Waals surface area contributed by atoms with Gasteiger partial charge in [-0.3, -0.25) is 0 Å². The number of alkyl halides is 2. The molecule has 2 rings (SSSR count). The summed E-state index contributed by atoms with van der Waals surface area (Å²) in [5, 5.41) is 15.0. The summed E-state index contributed by atoms with van der Waals surface area (Å²) >= 11 is 5.82. The van der Waals surface area contributed by atoms with Gasteiger partial charge in [0.25, 0.3) is 0 Å². The molecule has 0 aliphatic carbocycles. The first-order chi connectivity index (χ1) is 11.5. The first kappa shape index (κ1) is 17.9. The minimum atomic E-state index is -3.01. The number of ether oxygens (including phenoxy) is 1. The molecule has 0 fully saturated rings. The number of hydrogen-bond donors (Lipinski definition) is 3. The Bertz CT molecular complexity index is 703. The lowest BCUT2D eigenvalue weighted by Crippen LogP contribution is -2.34. The number of nitrogens with one attached hydrogen (secondary N) is 2. The number of halogens is 3. The van der Waals surface area contributed by atoms with Crippen LogP contribution in [0.5, 0.6) is 5.88 Å². The number of nitrogens with zero attached hydrogens (tertiary/aromatic N) is 1. The summed E-state index contributed by atoms with van der Waals surface area (Å²) in [4.78, 5) is 15.6. The minimum Gasteiger partial charge on any atom is -0.417 e. The number of rotatable bonds is 6. The molecule has 0 unspecified atom stereocenters. The Balaban J connectivity index is 2.04. The zero-order valence-corrected chi connectivity index (χ0v) is 13.0. The molecule has 2 aromatic rings. The highest BCUT2D eigenvalue weighted by Gasteiger charge is 2.16. The fourth-order valence-electron chi connectivity index (χ4n) is 1.92. The first-order valence-corrected chi connectivity index (χ1v) is 7.20. The largest absolute Gasteiger partial charge is 0.417 e. The van der Waals surface area contributed by atoms with Crippen molar-refractivity contribution in [2.24, 2.45) is 0 Å². The van der Waals surface area contributed by atoms with Gasteiger partial charge in [-0.15, -0.1) is 0 Å². The number of aromatic nitrogens is 1. The van der Waals surface area contributed by atoms with Crippen LogP contribution >= 0.6 is 11.6 Å². The summed E-state index contributed by atoms with van der Waals surface area (Å²) in [6, 6.07) is 7.78. The molecule has 24 heavy (non-hydrogen) atoms. The predicted molar refractivity (Wildman–Crippen MR) is 84.3 cm³/mol. The van der Waals surface area contributed by atoms with E-state index in [1.54, 1.807) is 24.3 Å². The van der Waals surface area contributed by atoms with Crippen LogP contribution in [0.1, 0.15) is 11.6 Å². The highest BCUT2D eigenvalue weighted by molar-refractivity contribution is 6.30. The van der Waals surface area contributed by atoms with Gasteiger partial charge in [0.15, 0.2) is 0 Å². The van der Waals surface area contributed by atoms with Crippen LogP contribution in [-0.4, -0.2) is 29.3 Å². The smallest absolute Gasteiger partial charge is 0.388 e. The molecule has 1 aromatic carbocycles. The van der Waals surface area contributed by atoms with Crippen molar-refractivity contribution in [3.8, 4) is 5.88 Å². The van der Waals surface area contributed by atoms with E-state index in [0.717, 1.165) is 0 Å². The van der Waals surface area contributed by atoms with Gasteiger partial charge < -0.3 is 20.5 Å². The lowest BCUT2D eigenvalue weighted by Gasteiger charge is -2.18. The third kappa shape index (κ3) is 5.32. The number of anilines is 1. The normalized spacial score (nSPS) is 11.9. The molecule has 0 saturated carbocycles. The van der Waals surface area contributed by atoms with Gasteiger partial charge >= 0.3 is 12.6 Å². The summed E-state index contributed by atoms with van der Waals surface area (Å²) in [6.07, 6.45) is 1.24. The average Bonchev–Trinajstić information content (AvgIpc) is 2.52. The zero-order chi connectivity index (χ0) is 17.5. The van der Waals surface area contributed by atoms with E-state index in [2.05, 4.69) is 20.4 Å². The molecule has 0 aliphatic rings. The molecule has 128 valence electrons. The number of benzene rings is 1. The maximum absolute atomic E-state index is 12.2. The van der Waals surface area contributed by atoms with E-state index >= 15 is 0 Å². The Kier molecular flexibility index (Phi) is 6.28. The van der Waals surface area contributed by atoms with Crippen molar-refractivity contribution in [3.05, 3.63) is 53.2 Å². The van der Waals surface area contributed by atoms with Crippen molar-refractivity contribution in [3.63, 3.8) is 0 Å². The molecule has 0 spiro atoms. The Labute approximate surface area is 141 Å². The lowest BCUT2D eigenvalue weighted by molar-refractivity contribution is -0.0529. The number of aliphatic hydroxyl groups is 1. The molecule has 0 bridgehead atoms. The van der Waals surface area contributed by atoms with Crippen LogP contribution in [0.15, 0.2) is 42.6 Å². The van der Waals surface area contributed by atoms with E-state index in [1.807, 2.05) is 0 Å². The third-order valence-electron chi connectivity index (χ3n) is 2.94. The molecule has 9 heteroatoms. The molecular formula is C15H14ClF2N3O3. The third-order valence-corrected chi connectivity index (χ3v) is 3.18. The van der Waals surface area contributed by atoms with E-state index in [4.69, 9.17) is 11.6 Å². The molecule has 6 nitrogen and oxygen atoms in total. The van der Waals surface area contributed by atoms with Crippen LogP contribution in [0.25, 0.3) is 0 Å². The highest BCUT2D eigenvalue weighted by atomic mass is 35.5. The molecule has 2 amide bonds. The van der Waals surface area contributed by atoms with Crippen molar-refractivity contribution in [2.75, 3.05) is 11.9 Å². The minimum absolute atomic E-state index is 0.307. The Morgan fingerprint density at radius 3 is 2.79 bits per heavy atom. The molecular weight excluding hydrogens is 344 g/mol. The molecule has 0 aliphatic heterocycles. The quantitative estimate of drug-likeness (QED) is 0.741. The van der Waals surface area contributed by atoms with E-state index in [9.17, 15) is 18.7 Å². The second-order valence-corrected chi connectivity index (χ2v) is 5.09. The average molecular weight is 358 g/mol. The number of amides is 2. The fourth-order valence-corrected chi connectivity index (χ4v) is 2.11. The molecule has 3 N–H and O–H groups in total. The van der Waals surface area contributed by atoms with Crippen LogP contribution < -0.4 is 15.4 Å². The van der Waals surface area contributed by atoms with Gasteiger partial charge in [-0.05, 0) is 29.8 Å². The highest BCUT2D eigenvalue weighted by Crippen LogP contribution is 2.19.